The lowest BCUT2D eigenvalue weighted by Gasteiger charge is -2.37. The summed E-state index contributed by atoms with van der Waals surface area (Å²) in [5.41, 5.74) is 3.46. The van der Waals surface area contributed by atoms with E-state index >= 15 is 0 Å². The molecule has 0 aliphatic carbocycles. The maximum atomic E-state index is 13.2. The van der Waals surface area contributed by atoms with E-state index in [0.29, 0.717) is 46.1 Å². The second kappa shape index (κ2) is 9.69. The zero-order chi connectivity index (χ0) is 23.7. The fraction of sp³-hybridized carbons (Fsp3) is 0.259. The van der Waals surface area contributed by atoms with E-state index in [4.69, 9.17) is 27.9 Å². The number of carbonyl (C=O) groups excluding carboxylic acids is 2. The van der Waals surface area contributed by atoms with Crippen LogP contribution in [0.1, 0.15) is 40.2 Å². The van der Waals surface area contributed by atoms with E-state index in [-0.39, 0.29) is 24.3 Å². The van der Waals surface area contributed by atoms with Gasteiger partial charge in [-0.25, -0.2) is 0 Å². The summed E-state index contributed by atoms with van der Waals surface area (Å²) in [5, 5.41) is 3.87. The van der Waals surface area contributed by atoms with Gasteiger partial charge < -0.3 is 15.0 Å². The quantitative estimate of drug-likeness (QED) is 0.483. The van der Waals surface area contributed by atoms with Crippen molar-refractivity contribution >= 4 is 40.7 Å². The molecular weight excluding hydrogens is 471 g/mol. The minimum Gasteiger partial charge on any atom is -0.482 e. The van der Waals surface area contributed by atoms with Gasteiger partial charge >= 0.3 is 0 Å². The Morgan fingerprint density at radius 2 is 1.71 bits per heavy atom. The zero-order valence-corrected chi connectivity index (χ0v) is 20.0. The van der Waals surface area contributed by atoms with Crippen molar-refractivity contribution in [2.75, 3.05) is 25.0 Å². The Morgan fingerprint density at radius 1 is 0.941 bits per heavy atom. The van der Waals surface area contributed by atoms with Crippen LogP contribution >= 0.6 is 23.2 Å². The molecule has 2 aliphatic rings. The third kappa shape index (κ3) is 4.63. The molecule has 3 aromatic carbocycles. The van der Waals surface area contributed by atoms with Crippen LogP contribution in [-0.2, 0) is 4.79 Å². The van der Waals surface area contributed by atoms with Gasteiger partial charge in [0.15, 0.2) is 6.61 Å². The maximum absolute atomic E-state index is 13.2. The van der Waals surface area contributed by atoms with E-state index in [1.807, 2.05) is 29.2 Å². The van der Waals surface area contributed by atoms with Crippen LogP contribution in [0.25, 0.3) is 0 Å². The van der Waals surface area contributed by atoms with Gasteiger partial charge in [-0.15, -0.1) is 0 Å². The number of ether oxygens (including phenoxy) is 1. The molecule has 1 unspecified atom stereocenters. The van der Waals surface area contributed by atoms with E-state index in [1.54, 1.807) is 18.2 Å². The predicted molar refractivity (Wildman–Crippen MR) is 134 cm³/mol. The van der Waals surface area contributed by atoms with Gasteiger partial charge in [0, 0.05) is 24.6 Å². The lowest BCUT2D eigenvalue weighted by molar-refractivity contribution is -0.118. The van der Waals surface area contributed by atoms with Gasteiger partial charge in [0.25, 0.3) is 11.8 Å². The lowest BCUT2D eigenvalue weighted by atomic mass is 9.76. The van der Waals surface area contributed by atoms with Gasteiger partial charge in [-0.2, -0.15) is 0 Å². The number of carbonyl (C=O) groups is 2. The Hall–Kier alpha value is -3.02. The Kier molecular flexibility index (Phi) is 6.48. The number of halogens is 2. The van der Waals surface area contributed by atoms with Gasteiger partial charge in [-0.1, -0.05) is 59.6 Å². The Bertz CT molecular complexity index is 1220. The summed E-state index contributed by atoms with van der Waals surface area (Å²) in [6.45, 7) is 1.32. The number of likely N-dealkylation sites (tertiary alicyclic amines) is 1. The van der Waals surface area contributed by atoms with Crippen LogP contribution in [0.15, 0.2) is 66.7 Å². The van der Waals surface area contributed by atoms with E-state index in [2.05, 4.69) is 29.6 Å². The van der Waals surface area contributed by atoms with Crippen LogP contribution in [0, 0.1) is 5.92 Å². The first-order valence-corrected chi connectivity index (χ1v) is 12.1. The van der Waals surface area contributed by atoms with Crippen molar-refractivity contribution in [3.63, 3.8) is 0 Å². The van der Waals surface area contributed by atoms with Crippen LogP contribution in [-0.4, -0.2) is 36.4 Å². The van der Waals surface area contributed by atoms with Gasteiger partial charge in [0.05, 0.1) is 15.7 Å². The molecule has 34 heavy (non-hydrogen) atoms. The highest BCUT2D eigenvalue weighted by molar-refractivity contribution is 6.42. The third-order valence-electron chi connectivity index (χ3n) is 6.62. The number of nitrogens with zero attached hydrogens (tertiary/aromatic N) is 1. The van der Waals surface area contributed by atoms with Gasteiger partial charge in [-0.05, 0) is 60.2 Å². The summed E-state index contributed by atoms with van der Waals surface area (Å²) >= 11 is 12.5. The molecule has 0 saturated carbocycles. The second-order valence-electron chi connectivity index (χ2n) is 8.74. The second-order valence-corrected chi connectivity index (χ2v) is 9.55. The molecule has 5 nitrogen and oxygen atoms in total. The number of hydrogen-bond donors (Lipinski definition) is 1. The topological polar surface area (TPSA) is 58.6 Å². The number of fused-ring (bicyclic) bond motifs is 1. The number of nitrogens with one attached hydrogen (secondary N) is 1. The average molecular weight is 495 g/mol. The minimum atomic E-state index is -0.216. The molecular formula is C27H24Cl2N2O3. The smallest absolute Gasteiger partial charge is 0.262 e. The first-order chi connectivity index (χ1) is 16.5. The molecule has 0 bridgehead atoms. The molecule has 5 rings (SSSR count). The lowest BCUT2D eigenvalue weighted by Crippen LogP contribution is -2.40. The molecule has 3 aromatic rings. The monoisotopic (exact) mass is 494 g/mol. The van der Waals surface area contributed by atoms with Gasteiger partial charge in [-0.3, -0.25) is 9.59 Å². The molecule has 7 heteroatoms. The Balaban J connectivity index is 1.33. The van der Waals surface area contributed by atoms with Crippen LogP contribution in [0.4, 0.5) is 5.69 Å². The van der Waals surface area contributed by atoms with Crippen LogP contribution in [0.3, 0.4) is 0 Å². The Morgan fingerprint density at radius 3 is 2.44 bits per heavy atom. The standard InChI is InChI=1S/C27H24Cl2N2O3/c28-21-8-6-19(14-22(21)29)26(17-4-2-1-3-5-17)18-10-12-31(13-11-18)27(33)20-7-9-24-23(15-20)30-25(32)16-34-24/h1-9,14-15,18,26H,10-13,16H2,(H,30,32). The molecule has 0 aromatic heterocycles. The summed E-state index contributed by atoms with van der Waals surface area (Å²) in [6.07, 6.45) is 1.74. The number of benzene rings is 3. The van der Waals surface area contributed by atoms with Gasteiger partial charge in [0.2, 0.25) is 0 Å². The summed E-state index contributed by atoms with van der Waals surface area (Å²) in [6, 6.07) is 21.5. The molecule has 0 spiro atoms. The first-order valence-electron chi connectivity index (χ1n) is 11.4. The molecule has 2 heterocycles. The van der Waals surface area contributed by atoms with Crippen LogP contribution in [0.2, 0.25) is 10.0 Å². The number of amides is 2. The molecule has 0 radical (unpaired) electrons. The van der Waals surface area contributed by atoms with E-state index in [0.717, 1.165) is 18.4 Å². The first kappa shape index (κ1) is 22.8. The zero-order valence-electron chi connectivity index (χ0n) is 18.5. The van der Waals surface area contributed by atoms with Crippen molar-refractivity contribution in [2.24, 2.45) is 5.92 Å². The summed E-state index contributed by atoms with van der Waals surface area (Å²) in [7, 11) is 0. The predicted octanol–water partition coefficient (Wildman–Crippen LogP) is 6.01. The third-order valence-corrected chi connectivity index (χ3v) is 7.36. The summed E-state index contributed by atoms with van der Waals surface area (Å²) in [4.78, 5) is 26.7. The Labute approximate surface area is 208 Å². The highest BCUT2D eigenvalue weighted by Crippen LogP contribution is 2.40. The van der Waals surface area contributed by atoms with Crippen molar-refractivity contribution in [1.29, 1.82) is 0 Å². The normalized spacial score (nSPS) is 16.9. The van der Waals surface area contributed by atoms with E-state index in [1.165, 1.54) is 5.56 Å². The fourth-order valence-electron chi connectivity index (χ4n) is 4.94. The van der Waals surface area contributed by atoms with Crippen LogP contribution < -0.4 is 10.1 Å². The molecule has 2 aliphatic heterocycles. The molecule has 1 fully saturated rings. The van der Waals surface area contributed by atoms with Gasteiger partial charge in [0.1, 0.15) is 5.75 Å². The SMILES string of the molecule is O=C1COc2ccc(C(=O)N3CCC(C(c4ccccc4)c4ccc(Cl)c(Cl)c4)CC3)cc2N1. The number of hydrogen-bond acceptors (Lipinski definition) is 3. The maximum Gasteiger partial charge on any atom is 0.262 e. The van der Waals surface area contributed by atoms with E-state index in [9.17, 15) is 9.59 Å². The van der Waals surface area contributed by atoms with E-state index < -0.39 is 0 Å². The number of anilines is 1. The largest absolute Gasteiger partial charge is 0.482 e. The average Bonchev–Trinajstić information content (AvgIpc) is 2.86. The van der Waals surface area contributed by atoms with Crippen molar-refractivity contribution in [1.82, 2.24) is 4.90 Å². The molecule has 1 saturated heterocycles. The summed E-state index contributed by atoms with van der Waals surface area (Å²) < 4.78 is 5.40. The summed E-state index contributed by atoms with van der Waals surface area (Å²) in [5.74, 6) is 0.866. The van der Waals surface area contributed by atoms with Crippen molar-refractivity contribution in [3.8, 4) is 5.75 Å². The van der Waals surface area contributed by atoms with Crippen molar-refractivity contribution in [3.05, 3.63) is 93.5 Å². The fourth-order valence-corrected chi connectivity index (χ4v) is 5.24. The molecule has 2 amide bonds. The number of piperidine rings is 1. The molecule has 1 atom stereocenters. The minimum absolute atomic E-state index is 0.00474. The highest BCUT2D eigenvalue weighted by atomic mass is 35.5. The number of rotatable bonds is 4. The van der Waals surface area contributed by atoms with Crippen LogP contribution in [0.5, 0.6) is 5.75 Å². The molecule has 174 valence electrons. The molecule has 1 N–H and O–H groups in total. The highest BCUT2D eigenvalue weighted by Gasteiger charge is 2.31. The van der Waals surface area contributed by atoms with Crippen molar-refractivity contribution in [2.45, 2.75) is 18.8 Å². The van der Waals surface area contributed by atoms with Crippen molar-refractivity contribution < 1.29 is 14.3 Å².